The van der Waals surface area contributed by atoms with Gasteiger partial charge in [-0.05, 0) is 0 Å². The number of hydrogen-bond acceptors (Lipinski definition) is 2. The molecule has 0 saturated heterocycles. The van der Waals surface area contributed by atoms with Crippen LogP contribution in [-0.2, 0) is 0 Å². The van der Waals surface area contributed by atoms with E-state index >= 15 is 0 Å². The van der Waals surface area contributed by atoms with Gasteiger partial charge in [-0.1, -0.05) is 0 Å². The molecule has 0 saturated carbocycles. The van der Waals surface area contributed by atoms with E-state index in [1.807, 2.05) is 12.1 Å². The Bertz CT molecular complexity index is 382. The summed E-state index contributed by atoms with van der Waals surface area (Å²) in [7, 11) is 3.41. The van der Waals surface area contributed by atoms with Crippen molar-refractivity contribution >= 4 is 31.2 Å². The molecular weight excluding hydrogens is 280 g/mol. The Morgan fingerprint density at radius 2 is 1.38 bits per heavy atom. The third kappa shape index (κ3) is 1.43. The molecule has 2 aromatic rings. The SMILES string of the molecule is COc1ccc(OC)c2c[te]cc12. The standard InChI is InChI=1S/C10H10O2Te/c1-11-9-3-4-10(12-2)8-6-13-5-7(8)9/h3-6H,1-2H3. The minimum absolute atomic E-state index is 0.108. The summed E-state index contributed by atoms with van der Waals surface area (Å²) in [6.07, 6.45) is 0. The minimum atomic E-state index is -0.108. The van der Waals surface area contributed by atoms with Crippen LogP contribution in [-0.4, -0.2) is 34.7 Å². The zero-order valence-electron chi connectivity index (χ0n) is 7.53. The Morgan fingerprint density at radius 1 is 0.923 bits per heavy atom. The second kappa shape index (κ2) is 3.61. The number of benzene rings is 1. The first kappa shape index (κ1) is 8.93. The van der Waals surface area contributed by atoms with Crippen LogP contribution in [0.5, 0.6) is 11.5 Å². The fourth-order valence-electron chi connectivity index (χ4n) is 1.37. The Labute approximate surface area is 86.7 Å². The predicted octanol–water partition coefficient (Wildman–Crippen LogP) is 1.91. The van der Waals surface area contributed by atoms with Gasteiger partial charge in [0.1, 0.15) is 0 Å². The first-order chi connectivity index (χ1) is 6.36. The number of hydrogen-bond donors (Lipinski definition) is 0. The average molecular weight is 290 g/mol. The summed E-state index contributed by atoms with van der Waals surface area (Å²) in [5, 5.41) is 2.42. The fraction of sp³-hybridized carbons (Fsp3) is 0.200. The van der Waals surface area contributed by atoms with E-state index in [2.05, 4.69) is 8.16 Å². The van der Waals surface area contributed by atoms with Crippen molar-refractivity contribution in [2.45, 2.75) is 0 Å². The van der Waals surface area contributed by atoms with Crippen molar-refractivity contribution < 1.29 is 9.47 Å². The monoisotopic (exact) mass is 292 g/mol. The van der Waals surface area contributed by atoms with E-state index in [1.54, 1.807) is 14.2 Å². The first-order valence-corrected chi connectivity index (χ1v) is 6.63. The molecule has 1 aromatic heterocycles. The van der Waals surface area contributed by atoms with E-state index in [9.17, 15) is 0 Å². The van der Waals surface area contributed by atoms with Crippen molar-refractivity contribution in [1.29, 1.82) is 0 Å². The quantitative estimate of drug-likeness (QED) is 0.787. The van der Waals surface area contributed by atoms with Gasteiger partial charge in [-0.25, -0.2) is 0 Å². The van der Waals surface area contributed by atoms with Crippen LogP contribution in [0.4, 0.5) is 0 Å². The van der Waals surface area contributed by atoms with E-state index in [1.165, 1.54) is 10.8 Å². The van der Waals surface area contributed by atoms with E-state index in [4.69, 9.17) is 9.47 Å². The maximum atomic E-state index is 5.27. The number of methoxy groups -OCH3 is 2. The average Bonchev–Trinajstić information content (AvgIpc) is 2.64. The Morgan fingerprint density at radius 3 is 1.77 bits per heavy atom. The molecule has 13 heavy (non-hydrogen) atoms. The molecule has 3 heteroatoms. The summed E-state index contributed by atoms with van der Waals surface area (Å²) >= 11 is -0.108. The van der Waals surface area contributed by atoms with Crippen molar-refractivity contribution in [3.05, 3.63) is 20.3 Å². The second-order valence-electron chi connectivity index (χ2n) is 2.67. The van der Waals surface area contributed by atoms with Gasteiger partial charge >= 0.3 is 86.7 Å². The van der Waals surface area contributed by atoms with Crippen LogP contribution in [0.15, 0.2) is 20.3 Å². The van der Waals surface area contributed by atoms with Crippen molar-refractivity contribution in [2.75, 3.05) is 14.2 Å². The third-order valence-corrected chi connectivity index (χ3v) is 4.14. The molecule has 1 heterocycles. The molecule has 0 spiro atoms. The molecule has 0 radical (unpaired) electrons. The zero-order chi connectivity index (χ0) is 9.26. The normalized spacial score (nSPS) is 10.3. The Balaban J connectivity index is 2.74. The van der Waals surface area contributed by atoms with Crippen molar-refractivity contribution in [1.82, 2.24) is 0 Å². The van der Waals surface area contributed by atoms with E-state index in [0.717, 1.165) is 11.5 Å². The predicted molar refractivity (Wildman–Crippen MR) is 54.0 cm³/mol. The molecule has 2 rings (SSSR count). The van der Waals surface area contributed by atoms with Gasteiger partial charge < -0.3 is 0 Å². The first-order valence-electron chi connectivity index (χ1n) is 3.93. The van der Waals surface area contributed by atoms with Gasteiger partial charge in [0, 0.05) is 0 Å². The molecule has 0 atom stereocenters. The molecule has 0 unspecified atom stereocenters. The van der Waals surface area contributed by atoms with Crippen LogP contribution in [0.1, 0.15) is 0 Å². The van der Waals surface area contributed by atoms with Gasteiger partial charge in [0.2, 0.25) is 0 Å². The van der Waals surface area contributed by atoms with Crippen LogP contribution in [0.3, 0.4) is 0 Å². The summed E-state index contributed by atoms with van der Waals surface area (Å²) in [4.78, 5) is 0. The number of fused-ring (bicyclic) bond motifs is 1. The molecule has 0 amide bonds. The van der Waals surface area contributed by atoms with Crippen LogP contribution >= 0.6 is 0 Å². The van der Waals surface area contributed by atoms with Crippen LogP contribution in [0.25, 0.3) is 10.8 Å². The molecular formula is C10H10O2Te. The zero-order valence-corrected chi connectivity index (χ0v) is 9.86. The van der Waals surface area contributed by atoms with E-state index in [-0.39, 0.29) is 20.4 Å². The number of rotatable bonds is 2. The second-order valence-corrected chi connectivity index (χ2v) is 4.79. The topological polar surface area (TPSA) is 18.5 Å². The molecule has 68 valence electrons. The summed E-state index contributed by atoms with van der Waals surface area (Å²) in [5.41, 5.74) is 0. The van der Waals surface area contributed by atoms with Crippen molar-refractivity contribution in [3.63, 3.8) is 0 Å². The molecule has 0 bridgehead atoms. The van der Waals surface area contributed by atoms with Gasteiger partial charge in [0.25, 0.3) is 0 Å². The molecule has 1 aromatic carbocycles. The van der Waals surface area contributed by atoms with Crippen LogP contribution < -0.4 is 9.47 Å². The van der Waals surface area contributed by atoms with Gasteiger partial charge in [-0.3, -0.25) is 0 Å². The van der Waals surface area contributed by atoms with Crippen LogP contribution in [0, 0.1) is 0 Å². The van der Waals surface area contributed by atoms with Crippen molar-refractivity contribution in [2.24, 2.45) is 0 Å². The van der Waals surface area contributed by atoms with E-state index in [0.29, 0.717) is 0 Å². The summed E-state index contributed by atoms with van der Waals surface area (Å²) < 4.78 is 15.1. The van der Waals surface area contributed by atoms with Crippen LogP contribution in [0.2, 0.25) is 0 Å². The third-order valence-electron chi connectivity index (χ3n) is 2.02. The molecule has 0 N–H and O–H groups in total. The maximum absolute atomic E-state index is 5.27. The fourth-order valence-corrected chi connectivity index (χ4v) is 3.72. The summed E-state index contributed by atoms with van der Waals surface area (Å²) in [6.45, 7) is 0. The molecule has 0 aliphatic carbocycles. The van der Waals surface area contributed by atoms with Gasteiger partial charge in [0.15, 0.2) is 0 Å². The van der Waals surface area contributed by atoms with Gasteiger partial charge in [0.05, 0.1) is 0 Å². The Kier molecular flexibility index (Phi) is 2.48. The molecule has 2 nitrogen and oxygen atoms in total. The van der Waals surface area contributed by atoms with Gasteiger partial charge in [-0.15, -0.1) is 0 Å². The Hall–Kier alpha value is -0.650. The number of ether oxygens (including phenoxy) is 2. The summed E-state index contributed by atoms with van der Waals surface area (Å²) in [6, 6.07) is 3.92. The summed E-state index contributed by atoms with van der Waals surface area (Å²) in [5.74, 6) is 1.91. The van der Waals surface area contributed by atoms with E-state index < -0.39 is 0 Å². The van der Waals surface area contributed by atoms with Gasteiger partial charge in [-0.2, -0.15) is 0 Å². The molecule has 0 fully saturated rings. The molecule has 0 aliphatic rings. The molecule has 0 aliphatic heterocycles. The van der Waals surface area contributed by atoms with Crippen molar-refractivity contribution in [3.8, 4) is 11.5 Å².